The van der Waals surface area contributed by atoms with E-state index in [9.17, 15) is 9.59 Å². The number of carbonyl (C=O) groups is 1. The van der Waals surface area contributed by atoms with Crippen LogP contribution in [0.25, 0.3) is 10.8 Å². The van der Waals surface area contributed by atoms with E-state index in [2.05, 4.69) is 15.2 Å². The number of hydrogen-bond donors (Lipinski definition) is 2. The molecule has 2 rings (SSSR count). The van der Waals surface area contributed by atoms with Gasteiger partial charge in [0.15, 0.2) is 5.69 Å². The lowest BCUT2D eigenvalue weighted by Crippen LogP contribution is -2.40. The summed E-state index contributed by atoms with van der Waals surface area (Å²) in [5.74, 6) is -0.857. The summed E-state index contributed by atoms with van der Waals surface area (Å²) in [5, 5.41) is 5.57. The van der Waals surface area contributed by atoms with Gasteiger partial charge in [-0.25, -0.2) is 5.10 Å². The monoisotopic (exact) mass is 220 g/mol. The second-order valence-electron chi connectivity index (χ2n) is 3.31. The predicted octanol–water partition coefficient (Wildman–Crippen LogP) is -4.20. The van der Waals surface area contributed by atoms with Crippen LogP contribution in [0.1, 0.15) is 10.5 Å². The first kappa shape index (κ1) is 11.4. The Labute approximate surface area is 99.2 Å². The molecule has 0 unspecified atom stereocenters. The number of rotatable bonds is 1. The molecule has 0 aliphatic carbocycles. The molecule has 0 fully saturated rings. The molecule has 2 heterocycles. The third kappa shape index (κ3) is 1.63. The standard InChI is InChI=1S/C8H3B3N4O2/c9-3-1-2(5(10)13-6(3)11)4(7(12)16)14-15-8(1)17/h(H2,12,16)(H,15,17). The van der Waals surface area contributed by atoms with E-state index in [0.29, 0.717) is 0 Å². The Kier molecular flexibility index (Phi) is 2.53. The topological polar surface area (TPSA) is 102 Å². The molecule has 3 N–H and O–H groups in total. The maximum Gasteiger partial charge on any atom is 0.271 e. The number of nitrogens with two attached hydrogens (primary N) is 1. The van der Waals surface area contributed by atoms with Crippen molar-refractivity contribution >= 4 is 56.9 Å². The number of aromatic amines is 1. The van der Waals surface area contributed by atoms with E-state index in [-0.39, 0.29) is 33.1 Å². The van der Waals surface area contributed by atoms with Gasteiger partial charge in [0.2, 0.25) is 0 Å². The summed E-state index contributed by atoms with van der Waals surface area (Å²) in [5.41, 5.74) is 3.98. The Balaban J connectivity index is 3.13. The van der Waals surface area contributed by atoms with Crippen molar-refractivity contribution in [3.63, 3.8) is 0 Å². The third-order valence-electron chi connectivity index (χ3n) is 2.26. The Morgan fingerprint density at radius 3 is 2.41 bits per heavy atom. The number of carbonyl (C=O) groups excluding carboxylic acids is 1. The summed E-state index contributed by atoms with van der Waals surface area (Å²) in [6.07, 6.45) is 0. The van der Waals surface area contributed by atoms with Crippen molar-refractivity contribution < 1.29 is 4.79 Å². The largest absolute Gasteiger partial charge is 0.364 e. The maximum absolute atomic E-state index is 11.6. The summed E-state index contributed by atoms with van der Waals surface area (Å²) >= 11 is 0. The maximum atomic E-state index is 11.6. The highest BCUT2D eigenvalue weighted by atomic mass is 16.1. The Hall–Kier alpha value is -2.05. The van der Waals surface area contributed by atoms with Crippen molar-refractivity contribution in [2.24, 2.45) is 5.73 Å². The Morgan fingerprint density at radius 1 is 1.18 bits per heavy atom. The minimum absolute atomic E-state index is 0.00736. The Morgan fingerprint density at radius 2 is 1.82 bits per heavy atom. The number of pyridine rings is 1. The van der Waals surface area contributed by atoms with E-state index in [1.807, 2.05) is 0 Å². The lowest BCUT2D eigenvalue weighted by molar-refractivity contribution is 0.0996. The summed E-state index contributed by atoms with van der Waals surface area (Å²) in [7, 11) is 16.7. The van der Waals surface area contributed by atoms with Gasteiger partial charge in [-0.05, 0) is 11.2 Å². The summed E-state index contributed by atoms with van der Waals surface area (Å²) in [6.45, 7) is 0. The van der Waals surface area contributed by atoms with Crippen LogP contribution in [0.15, 0.2) is 4.79 Å². The van der Waals surface area contributed by atoms with Gasteiger partial charge in [0, 0.05) is 10.8 Å². The second kappa shape index (κ2) is 3.76. The van der Waals surface area contributed by atoms with Crippen molar-refractivity contribution in [3.05, 3.63) is 16.0 Å². The van der Waals surface area contributed by atoms with Gasteiger partial charge in [-0.1, -0.05) is 5.46 Å². The zero-order valence-corrected chi connectivity index (χ0v) is 8.52. The van der Waals surface area contributed by atoms with Crippen LogP contribution in [0.3, 0.4) is 0 Å². The van der Waals surface area contributed by atoms with Gasteiger partial charge in [0.25, 0.3) is 11.5 Å². The average molecular weight is 220 g/mol. The van der Waals surface area contributed by atoms with Crippen LogP contribution in [-0.2, 0) is 0 Å². The number of H-pyrrole nitrogens is 1. The fourth-order valence-electron chi connectivity index (χ4n) is 1.51. The van der Waals surface area contributed by atoms with Crippen molar-refractivity contribution in [2.75, 3.05) is 0 Å². The lowest BCUT2D eigenvalue weighted by atomic mass is 9.79. The number of primary amides is 1. The molecule has 0 aliphatic heterocycles. The highest BCUT2D eigenvalue weighted by Gasteiger charge is 2.16. The van der Waals surface area contributed by atoms with Gasteiger partial charge < -0.3 is 5.73 Å². The van der Waals surface area contributed by atoms with Crippen molar-refractivity contribution in [1.29, 1.82) is 0 Å². The zero-order chi connectivity index (χ0) is 12.7. The third-order valence-corrected chi connectivity index (χ3v) is 2.26. The number of fused-ring (bicyclic) bond motifs is 1. The van der Waals surface area contributed by atoms with E-state index in [4.69, 9.17) is 29.3 Å². The van der Waals surface area contributed by atoms with E-state index < -0.39 is 11.5 Å². The van der Waals surface area contributed by atoms with Crippen LogP contribution >= 0.6 is 0 Å². The van der Waals surface area contributed by atoms with Crippen LogP contribution in [0.5, 0.6) is 0 Å². The average Bonchev–Trinajstić information content (AvgIpc) is 2.25. The van der Waals surface area contributed by atoms with Gasteiger partial charge in [-0.15, -0.1) is 0 Å². The van der Waals surface area contributed by atoms with Crippen molar-refractivity contribution in [2.45, 2.75) is 0 Å². The molecule has 2 aromatic rings. The molecule has 0 atom stereocenters. The highest BCUT2D eigenvalue weighted by molar-refractivity contribution is 6.54. The smallest absolute Gasteiger partial charge is 0.271 e. The van der Waals surface area contributed by atoms with Gasteiger partial charge in [0.05, 0.1) is 0 Å². The first-order valence-corrected chi connectivity index (χ1v) is 4.46. The molecule has 9 heteroatoms. The molecule has 76 valence electrons. The van der Waals surface area contributed by atoms with E-state index >= 15 is 0 Å². The lowest BCUT2D eigenvalue weighted by Gasteiger charge is -2.10. The molecule has 0 aliphatic rings. The molecule has 6 radical (unpaired) electrons. The molecule has 0 saturated heterocycles. The molecule has 0 saturated carbocycles. The van der Waals surface area contributed by atoms with Gasteiger partial charge >= 0.3 is 0 Å². The van der Waals surface area contributed by atoms with Crippen LogP contribution in [-0.4, -0.2) is 44.6 Å². The summed E-state index contributed by atoms with van der Waals surface area (Å²) < 4.78 is 0. The molecular formula is C8H3B3N4O2. The van der Waals surface area contributed by atoms with Crippen molar-refractivity contribution in [1.82, 2.24) is 15.2 Å². The van der Waals surface area contributed by atoms with Crippen LogP contribution in [0.4, 0.5) is 0 Å². The quantitative estimate of drug-likeness (QED) is 0.475. The molecule has 2 aromatic heterocycles. The summed E-state index contributed by atoms with van der Waals surface area (Å²) in [6, 6.07) is 0. The van der Waals surface area contributed by atoms with E-state index in [1.54, 1.807) is 0 Å². The van der Waals surface area contributed by atoms with E-state index in [1.165, 1.54) is 0 Å². The zero-order valence-electron chi connectivity index (χ0n) is 8.52. The molecule has 6 nitrogen and oxygen atoms in total. The molecule has 17 heavy (non-hydrogen) atoms. The van der Waals surface area contributed by atoms with Crippen LogP contribution < -0.4 is 27.9 Å². The fourth-order valence-corrected chi connectivity index (χ4v) is 1.51. The van der Waals surface area contributed by atoms with E-state index in [0.717, 1.165) is 0 Å². The van der Waals surface area contributed by atoms with Gasteiger partial charge in [-0.2, -0.15) is 5.10 Å². The minimum Gasteiger partial charge on any atom is -0.364 e. The molecule has 0 spiro atoms. The highest BCUT2D eigenvalue weighted by Crippen LogP contribution is 2.05. The predicted molar refractivity (Wildman–Crippen MR) is 64.8 cm³/mol. The number of amides is 1. The summed E-state index contributed by atoms with van der Waals surface area (Å²) in [4.78, 5) is 26.5. The molecular weight excluding hydrogens is 217 g/mol. The first-order chi connectivity index (χ1) is 7.93. The molecule has 0 bridgehead atoms. The number of nitrogens with zero attached hydrogens (tertiary/aromatic N) is 2. The number of nitrogens with one attached hydrogen (secondary N) is 1. The molecule has 0 aromatic carbocycles. The molecule has 1 amide bonds. The Bertz CT molecular complexity index is 697. The fraction of sp³-hybridized carbons (Fsp3) is 0. The number of hydrogen-bond acceptors (Lipinski definition) is 4. The second-order valence-corrected chi connectivity index (χ2v) is 3.31. The van der Waals surface area contributed by atoms with Crippen LogP contribution in [0.2, 0.25) is 0 Å². The van der Waals surface area contributed by atoms with Gasteiger partial charge in [-0.3, -0.25) is 14.6 Å². The normalized spacial score (nSPS) is 10.6. The van der Waals surface area contributed by atoms with Gasteiger partial charge in [0.1, 0.15) is 23.5 Å². The first-order valence-electron chi connectivity index (χ1n) is 4.46. The van der Waals surface area contributed by atoms with Crippen molar-refractivity contribution in [3.8, 4) is 0 Å². The number of aromatic nitrogens is 3. The minimum atomic E-state index is -0.857. The van der Waals surface area contributed by atoms with Crippen LogP contribution in [0, 0.1) is 0 Å². The SMILES string of the molecule is [B]c1nc([B])c2c(C(N)=O)n[nH]c(=O)c2c1[B].